The van der Waals surface area contributed by atoms with Crippen LogP contribution in [0.1, 0.15) is 39.0 Å². The summed E-state index contributed by atoms with van der Waals surface area (Å²) >= 11 is 0. The zero-order chi connectivity index (χ0) is 18.4. The van der Waals surface area contributed by atoms with Gasteiger partial charge in [-0.25, -0.2) is 9.97 Å². The Labute approximate surface area is 154 Å². The first-order chi connectivity index (χ1) is 12.7. The number of amides is 1. The molecule has 1 saturated carbocycles. The standard InChI is InChI=1S/C19H28N4O3/c1-2-26-17(24)8-12-22(13-15-6-7-15)18(25)16-5-3-11-23(14-16)19-20-9-4-10-21-19/h4,9-10,15-16H,2-3,5-8,11-14H2,1H3. The van der Waals surface area contributed by atoms with E-state index in [0.717, 1.165) is 25.9 Å². The zero-order valence-electron chi connectivity index (χ0n) is 15.5. The van der Waals surface area contributed by atoms with E-state index >= 15 is 0 Å². The molecular formula is C19H28N4O3. The lowest BCUT2D eigenvalue weighted by atomic mass is 9.96. The molecule has 0 spiro atoms. The summed E-state index contributed by atoms with van der Waals surface area (Å²) in [4.78, 5) is 37.4. The van der Waals surface area contributed by atoms with Crippen molar-refractivity contribution in [2.75, 3.05) is 37.7 Å². The maximum absolute atomic E-state index is 13.1. The fourth-order valence-electron chi connectivity index (χ4n) is 3.44. The third-order valence-electron chi connectivity index (χ3n) is 4.98. The molecule has 0 radical (unpaired) electrons. The molecular weight excluding hydrogens is 332 g/mol. The summed E-state index contributed by atoms with van der Waals surface area (Å²) in [5.74, 6) is 1.14. The van der Waals surface area contributed by atoms with E-state index in [1.54, 1.807) is 25.4 Å². The smallest absolute Gasteiger partial charge is 0.307 e. The van der Waals surface area contributed by atoms with E-state index in [2.05, 4.69) is 14.9 Å². The van der Waals surface area contributed by atoms with Gasteiger partial charge >= 0.3 is 5.97 Å². The van der Waals surface area contributed by atoms with Crippen molar-refractivity contribution < 1.29 is 14.3 Å². The summed E-state index contributed by atoms with van der Waals surface area (Å²) in [7, 11) is 0. The molecule has 0 N–H and O–H groups in total. The van der Waals surface area contributed by atoms with Crippen LogP contribution in [-0.2, 0) is 14.3 Å². The monoisotopic (exact) mass is 360 g/mol. The van der Waals surface area contributed by atoms with E-state index in [9.17, 15) is 9.59 Å². The lowest BCUT2D eigenvalue weighted by Crippen LogP contribution is -2.46. The lowest BCUT2D eigenvalue weighted by molar-refractivity contribution is -0.144. The Balaban J connectivity index is 1.60. The summed E-state index contributed by atoms with van der Waals surface area (Å²) in [5, 5.41) is 0. The number of ether oxygens (including phenoxy) is 1. The number of piperidine rings is 1. The molecule has 2 heterocycles. The van der Waals surface area contributed by atoms with Crippen molar-refractivity contribution in [3.8, 4) is 0 Å². The second-order valence-corrected chi connectivity index (χ2v) is 7.12. The predicted molar refractivity (Wildman–Crippen MR) is 97.5 cm³/mol. The maximum Gasteiger partial charge on any atom is 0.307 e. The average molecular weight is 360 g/mol. The van der Waals surface area contributed by atoms with Crippen molar-refractivity contribution >= 4 is 17.8 Å². The van der Waals surface area contributed by atoms with Crippen molar-refractivity contribution in [2.24, 2.45) is 11.8 Å². The summed E-state index contributed by atoms with van der Waals surface area (Å²) < 4.78 is 5.01. The molecule has 1 aromatic rings. The van der Waals surface area contributed by atoms with Crippen LogP contribution in [0.5, 0.6) is 0 Å². The number of rotatable bonds is 8. The molecule has 2 aliphatic rings. The Bertz CT molecular complexity index is 606. The van der Waals surface area contributed by atoms with Gasteiger partial charge in [0.25, 0.3) is 0 Å². The number of aromatic nitrogens is 2. The van der Waals surface area contributed by atoms with Crippen LogP contribution in [0, 0.1) is 11.8 Å². The summed E-state index contributed by atoms with van der Waals surface area (Å²) in [5.41, 5.74) is 0. The minimum absolute atomic E-state index is 0.0616. The molecule has 7 nitrogen and oxygen atoms in total. The lowest BCUT2D eigenvalue weighted by Gasteiger charge is -2.35. The largest absolute Gasteiger partial charge is 0.466 e. The van der Waals surface area contributed by atoms with E-state index < -0.39 is 0 Å². The third kappa shape index (κ3) is 5.16. The highest BCUT2D eigenvalue weighted by molar-refractivity contribution is 5.80. The van der Waals surface area contributed by atoms with E-state index in [-0.39, 0.29) is 24.2 Å². The average Bonchev–Trinajstić information content (AvgIpc) is 3.50. The Kier molecular flexibility index (Phi) is 6.41. The second-order valence-electron chi connectivity index (χ2n) is 7.12. The molecule has 0 bridgehead atoms. The molecule has 1 aliphatic heterocycles. The van der Waals surface area contributed by atoms with E-state index in [1.165, 1.54) is 12.8 Å². The number of hydrogen-bond donors (Lipinski definition) is 0. The van der Waals surface area contributed by atoms with Gasteiger partial charge in [0.05, 0.1) is 18.9 Å². The zero-order valence-corrected chi connectivity index (χ0v) is 15.5. The quantitative estimate of drug-likeness (QED) is 0.659. The van der Waals surface area contributed by atoms with Gasteiger partial charge in [-0.1, -0.05) is 0 Å². The molecule has 7 heteroatoms. The van der Waals surface area contributed by atoms with Gasteiger partial charge in [0.15, 0.2) is 0 Å². The first-order valence-electron chi connectivity index (χ1n) is 9.63. The summed E-state index contributed by atoms with van der Waals surface area (Å²) in [6, 6.07) is 1.79. The molecule has 1 atom stereocenters. The number of nitrogens with zero attached hydrogens (tertiary/aromatic N) is 4. The van der Waals surface area contributed by atoms with Crippen LogP contribution in [-0.4, -0.2) is 59.5 Å². The fraction of sp³-hybridized carbons (Fsp3) is 0.684. The molecule has 1 unspecified atom stereocenters. The topological polar surface area (TPSA) is 75.6 Å². The van der Waals surface area contributed by atoms with Gasteiger partial charge in [-0.05, 0) is 44.6 Å². The van der Waals surface area contributed by atoms with Crippen molar-refractivity contribution in [1.29, 1.82) is 0 Å². The highest BCUT2D eigenvalue weighted by Gasteiger charge is 2.33. The second kappa shape index (κ2) is 8.96. The van der Waals surface area contributed by atoms with Crippen LogP contribution >= 0.6 is 0 Å². The molecule has 0 aromatic carbocycles. The molecule has 3 rings (SSSR count). The summed E-state index contributed by atoms with van der Waals surface area (Å²) in [6.07, 6.45) is 7.91. The Morgan fingerprint density at radius 3 is 2.73 bits per heavy atom. The van der Waals surface area contributed by atoms with Crippen LogP contribution in [0.15, 0.2) is 18.5 Å². The fourth-order valence-corrected chi connectivity index (χ4v) is 3.44. The number of carbonyl (C=O) groups is 2. The van der Waals surface area contributed by atoms with Crippen LogP contribution in [0.2, 0.25) is 0 Å². The first kappa shape index (κ1) is 18.6. The van der Waals surface area contributed by atoms with E-state index in [0.29, 0.717) is 31.6 Å². The van der Waals surface area contributed by atoms with Crippen LogP contribution < -0.4 is 4.90 Å². The Morgan fingerprint density at radius 1 is 1.27 bits per heavy atom. The third-order valence-corrected chi connectivity index (χ3v) is 4.98. The first-order valence-corrected chi connectivity index (χ1v) is 9.63. The predicted octanol–water partition coefficient (Wildman–Crippen LogP) is 1.88. The summed E-state index contributed by atoms with van der Waals surface area (Å²) in [6.45, 7) is 4.91. The molecule has 1 amide bonds. The Hall–Kier alpha value is -2.18. The van der Waals surface area contributed by atoms with Gasteiger partial charge in [0.1, 0.15) is 0 Å². The van der Waals surface area contributed by atoms with E-state index in [4.69, 9.17) is 4.74 Å². The molecule has 26 heavy (non-hydrogen) atoms. The van der Waals surface area contributed by atoms with Crippen molar-refractivity contribution in [2.45, 2.75) is 39.0 Å². The highest BCUT2D eigenvalue weighted by Crippen LogP contribution is 2.31. The number of carbonyl (C=O) groups excluding carboxylic acids is 2. The molecule has 1 aromatic heterocycles. The Morgan fingerprint density at radius 2 is 2.04 bits per heavy atom. The van der Waals surface area contributed by atoms with Gasteiger partial charge in [0, 0.05) is 38.6 Å². The maximum atomic E-state index is 13.1. The van der Waals surface area contributed by atoms with Gasteiger partial charge < -0.3 is 14.5 Å². The minimum atomic E-state index is -0.232. The SMILES string of the molecule is CCOC(=O)CCN(CC1CC1)C(=O)C1CCCN(c2ncccn2)C1. The van der Waals surface area contributed by atoms with Crippen molar-refractivity contribution in [3.63, 3.8) is 0 Å². The van der Waals surface area contributed by atoms with Crippen LogP contribution in [0.3, 0.4) is 0 Å². The number of esters is 1. The van der Waals surface area contributed by atoms with Gasteiger partial charge in [-0.2, -0.15) is 0 Å². The van der Waals surface area contributed by atoms with Gasteiger partial charge in [-0.15, -0.1) is 0 Å². The van der Waals surface area contributed by atoms with Crippen molar-refractivity contribution in [1.82, 2.24) is 14.9 Å². The number of hydrogen-bond acceptors (Lipinski definition) is 6. The molecule has 142 valence electrons. The van der Waals surface area contributed by atoms with Crippen molar-refractivity contribution in [3.05, 3.63) is 18.5 Å². The molecule has 1 saturated heterocycles. The molecule has 2 fully saturated rings. The van der Waals surface area contributed by atoms with E-state index in [1.807, 2.05) is 4.90 Å². The molecule has 1 aliphatic carbocycles. The van der Waals surface area contributed by atoms with Gasteiger partial charge in [-0.3, -0.25) is 9.59 Å². The normalized spacial score (nSPS) is 19.9. The van der Waals surface area contributed by atoms with Crippen LogP contribution in [0.25, 0.3) is 0 Å². The highest BCUT2D eigenvalue weighted by atomic mass is 16.5. The van der Waals surface area contributed by atoms with Crippen LogP contribution in [0.4, 0.5) is 5.95 Å². The number of anilines is 1. The minimum Gasteiger partial charge on any atom is -0.466 e. The van der Waals surface area contributed by atoms with Gasteiger partial charge in [0.2, 0.25) is 11.9 Å².